The van der Waals surface area contributed by atoms with E-state index >= 15 is 0 Å². The number of hydrogen-bond acceptors (Lipinski definition) is 8. The maximum atomic E-state index is 12.2. The fourth-order valence-corrected chi connectivity index (χ4v) is 3.34. The van der Waals surface area contributed by atoms with Gasteiger partial charge >= 0.3 is 12.2 Å². The molecule has 178 valence electrons. The Kier molecular flexibility index (Phi) is 7.17. The lowest BCUT2D eigenvalue weighted by molar-refractivity contribution is 0.0197. The molecule has 10 nitrogen and oxygen atoms in total. The standard InChI is InChI=1S/C23H28N2O8/c1-11(2)24-22(29)32-18-6-5-13(7-20(18)33-23(30)25-12(3)4)21-17(28)10-15-16(27)8-14(26)9-19(15)31-21/h5-9,11-12,17,21,26-28H,10H2,1-4H3,(H,24,29)(H,25,30)/t17-,21-/m1/s1. The van der Waals surface area contributed by atoms with Crippen molar-refractivity contribution < 1.29 is 39.1 Å². The Morgan fingerprint density at radius 1 is 0.970 bits per heavy atom. The van der Waals surface area contributed by atoms with Crippen LogP contribution in [0.15, 0.2) is 30.3 Å². The van der Waals surface area contributed by atoms with Crippen LogP contribution in [0.4, 0.5) is 9.59 Å². The quantitative estimate of drug-likeness (QED) is 0.457. The highest BCUT2D eigenvalue weighted by molar-refractivity contribution is 5.75. The van der Waals surface area contributed by atoms with E-state index in [9.17, 15) is 24.9 Å². The number of amides is 2. The number of nitrogens with one attached hydrogen (secondary N) is 2. The van der Waals surface area contributed by atoms with E-state index < -0.39 is 24.4 Å². The Morgan fingerprint density at radius 2 is 1.58 bits per heavy atom. The van der Waals surface area contributed by atoms with E-state index in [0.29, 0.717) is 11.1 Å². The first-order valence-corrected chi connectivity index (χ1v) is 10.5. The maximum absolute atomic E-state index is 12.2. The topological polar surface area (TPSA) is 147 Å². The number of phenols is 2. The zero-order chi connectivity index (χ0) is 24.3. The lowest BCUT2D eigenvalue weighted by atomic mass is 9.94. The molecule has 0 unspecified atom stereocenters. The van der Waals surface area contributed by atoms with E-state index in [2.05, 4.69) is 10.6 Å². The van der Waals surface area contributed by atoms with Crippen molar-refractivity contribution in [3.05, 3.63) is 41.5 Å². The first-order valence-electron chi connectivity index (χ1n) is 10.5. The summed E-state index contributed by atoms with van der Waals surface area (Å²) in [4.78, 5) is 24.3. The number of phenolic OH excluding ortho intramolecular Hbond substituents is 2. The molecule has 0 spiro atoms. The second-order valence-corrected chi connectivity index (χ2v) is 8.33. The molecule has 1 heterocycles. The summed E-state index contributed by atoms with van der Waals surface area (Å²) >= 11 is 0. The number of ether oxygens (including phenoxy) is 3. The number of aliphatic hydroxyl groups is 1. The number of rotatable bonds is 5. The van der Waals surface area contributed by atoms with Gasteiger partial charge in [0.15, 0.2) is 11.5 Å². The van der Waals surface area contributed by atoms with E-state index in [-0.39, 0.29) is 47.3 Å². The molecule has 5 N–H and O–H groups in total. The molecule has 2 aromatic carbocycles. The summed E-state index contributed by atoms with van der Waals surface area (Å²) in [6.07, 6.45) is -3.33. The molecule has 3 rings (SSSR count). The molecule has 0 radical (unpaired) electrons. The van der Waals surface area contributed by atoms with Gasteiger partial charge in [-0.1, -0.05) is 6.07 Å². The number of aromatic hydroxyl groups is 2. The predicted octanol–water partition coefficient (Wildman–Crippen LogP) is 3.13. The summed E-state index contributed by atoms with van der Waals surface area (Å²) in [5.41, 5.74) is 0.801. The second-order valence-electron chi connectivity index (χ2n) is 8.33. The van der Waals surface area contributed by atoms with Gasteiger partial charge in [0.25, 0.3) is 0 Å². The predicted molar refractivity (Wildman–Crippen MR) is 118 cm³/mol. The van der Waals surface area contributed by atoms with Crippen molar-refractivity contribution in [2.45, 2.75) is 58.4 Å². The molecular weight excluding hydrogens is 432 g/mol. The van der Waals surface area contributed by atoms with Crippen LogP contribution in [0.2, 0.25) is 0 Å². The van der Waals surface area contributed by atoms with Crippen molar-refractivity contribution >= 4 is 12.2 Å². The Hall–Kier alpha value is -3.66. The van der Waals surface area contributed by atoms with Gasteiger partial charge in [0.2, 0.25) is 0 Å². The van der Waals surface area contributed by atoms with E-state index in [1.54, 1.807) is 33.8 Å². The molecule has 0 fully saturated rings. The average molecular weight is 460 g/mol. The summed E-state index contributed by atoms with van der Waals surface area (Å²) in [7, 11) is 0. The van der Waals surface area contributed by atoms with Crippen LogP contribution < -0.4 is 24.8 Å². The number of carbonyl (C=O) groups excluding carboxylic acids is 2. The van der Waals surface area contributed by atoms with Crippen molar-refractivity contribution in [3.63, 3.8) is 0 Å². The Bertz CT molecular complexity index is 1040. The van der Waals surface area contributed by atoms with Crippen LogP contribution in [0.1, 0.15) is 44.9 Å². The first-order chi connectivity index (χ1) is 15.5. The van der Waals surface area contributed by atoms with Crippen LogP contribution in [0.5, 0.6) is 28.7 Å². The smallest absolute Gasteiger partial charge is 0.412 e. The highest BCUT2D eigenvalue weighted by Crippen LogP contribution is 2.43. The molecule has 0 aromatic heterocycles. The minimum absolute atomic E-state index is 0.00297. The van der Waals surface area contributed by atoms with Crippen LogP contribution in [-0.2, 0) is 6.42 Å². The molecule has 0 bridgehead atoms. The molecule has 1 aliphatic heterocycles. The van der Waals surface area contributed by atoms with E-state index in [1.807, 2.05) is 0 Å². The van der Waals surface area contributed by atoms with E-state index in [1.165, 1.54) is 24.3 Å². The summed E-state index contributed by atoms with van der Waals surface area (Å²) in [5.74, 6) is -0.200. The molecular formula is C23H28N2O8. The SMILES string of the molecule is CC(C)NC(=O)Oc1ccc([C@H]2Oc3cc(O)cc(O)c3C[C@H]2O)cc1OC(=O)NC(C)C. The van der Waals surface area contributed by atoms with Crippen molar-refractivity contribution in [1.29, 1.82) is 0 Å². The van der Waals surface area contributed by atoms with Crippen molar-refractivity contribution in [2.75, 3.05) is 0 Å². The molecule has 33 heavy (non-hydrogen) atoms. The molecule has 2 atom stereocenters. The van der Waals surface area contributed by atoms with Crippen LogP contribution in [-0.4, -0.2) is 45.7 Å². The summed E-state index contributed by atoms with van der Waals surface area (Å²) in [6, 6.07) is 6.59. The van der Waals surface area contributed by atoms with Gasteiger partial charge in [0.05, 0.1) is 6.10 Å². The molecule has 0 saturated heterocycles. The molecule has 0 saturated carbocycles. The van der Waals surface area contributed by atoms with Crippen molar-refractivity contribution in [2.24, 2.45) is 0 Å². The third-order valence-corrected chi connectivity index (χ3v) is 4.70. The minimum Gasteiger partial charge on any atom is -0.508 e. The summed E-state index contributed by atoms with van der Waals surface area (Å²) in [5, 5.41) is 35.6. The number of hydrogen-bond donors (Lipinski definition) is 5. The van der Waals surface area contributed by atoms with Crippen LogP contribution in [0, 0.1) is 0 Å². The van der Waals surface area contributed by atoms with Gasteiger partial charge in [0.1, 0.15) is 23.4 Å². The van der Waals surface area contributed by atoms with Crippen LogP contribution >= 0.6 is 0 Å². The monoisotopic (exact) mass is 460 g/mol. The van der Waals surface area contributed by atoms with Crippen molar-refractivity contribution in [3.8, 4) is 28.7 Å². The summed E-state index contributed by atoms with van der Waals surface area (Å²) in [6.45, 7) is 7.07. The van der Waals surface area contributed by atoms with E-state index in [0.717, 1.165) is 0 Å². The van der Waals surface area contributed by atoms with Gasteiger partial charge in [0, 0.05) is 36.2 Å². The molecule has 2 aromatic rings. The average Bonchev–Trinajstić information content (AvgIpc) is 2.68. The van der Waals surface area contributed by atoms with Gasteiger partial charge < -0.3 is 40.2 Å². The van der Waals surface area contributed by atoms with Gasteiger partial charge in [-0.25, -0.2) is 9.59 Å². The zero-order valence-corrected chi connectivity index (χ0v) is 18.8. The van der Waals surface area contributed by atoms with Gasteiger partial charge in [-0.3, -0.25) is 0 Å². The minimum atomic E-state index is -1.04. The molecule has 2 amide bonds. The molecule has 0 aliphatic carbocycles. The normalized spacial score (nSPS) is 17.2. The van der Waals surface area contributed by atoms with Crippen LogP contribution in [0.25, 0.3) is 0 Å². The molecule has 1 aliphatic rings. The maximum Gasteiger partial charge on any atom is 0.412 e. The van der Waals surface area contributed by atoms with E-state index in [4.69, 9.17) is 14.2 Å². The molecule has 10 heteroatoms. The van der Waals surface area contributed by atoms with Crippen LogP contribution in [0.3, 0.4) is 0 Å². The highest BCUT2D eigenvalue weighted by atomic mass is 16.6. The summed E-state index contributed by atoms with van der Waals surface area (Å²) < 4.78 is 16.5. The second kappa shape index (κ2) is 9.86. The lowest BCUT2D eigenvalue weighted by Gasteiger charge is -2.31. The Balaban J connectivity index is 1.92. The van der Waals surface area contributed by atoms with Crippen molar-refractivity contribution in [1.82, 2.24) is 10.6 Å². The number of fused-ring (bicyclic) bond motifs is 1. The zero-order valence-electron chi connectivity index (χ0n) is 18.8. The van der Waals surface area contributed by atoms with Gasteiger partial charge in [-0.2, -0.15) is 0 Å². The lowest BCUT2D eigenvalue weighted by Crippen LogP contribution is -2.34. The van der Waals surface area contributed by atoms with Gasteiger partial charge in [-0.15, -0.1) is 0 Å². The first kappa shape index (κ1) is 24.0. The third kappa shape index (κ3) is 5.98. The van der Waals surface area contributed by atoms with Gasteiger partial charge in [-0.05, 0) is 45.4 Å². The Labute approximate surface area is 191 Å². The fraction of sp³-hybridized carbons (Fsp3) is 0.391. The number of benzene rings is 2. The number of aliphatic hydroxyl groups excluding tert-OH is 1. The fourth-order valence-electron chi connectivity index (χ4n) is 3.34. The third-order valence-electron chi connectivity index (χ3n) is 4.70. The Morgan fingerprint density at radius 3 is 2.18 bits per heavy atom. The highest BCUT2D eigenvalue weighted by Gasteiger charge is 2.33. The number of carbonyl (C=O) groups is 2. The largest absolute Gasteiger partial charge is 0.508 e.